The number of hydrogen-bond donors (Lipinski definition) is 2. The Bertz CT molecular complexity index is 298. The molecule has 0 saturated carbocycles. The van der Waals surface area contributed by atoms with Gasteiger partial charge in [0, 0.05) is 12.2 Å². The maximum atomic E-state index is 5.19. The average Bonchev–Trinajstić information content (AvgIpc) is 2.30. The average molecular weight is 236 g/mol. The minimum absolute atomic E-state index is 0.711. The Kier molecular flexibility index (Phi) is 6.58. The van der Waals surface area contributed by atoms with Crippen molar-refractivity contribution in [3.05, 3.63) is 30.3 Å². The van der Waals surface area contributed by atoms with Crippen molar-refractivity contribution in [2.75, 3.05) is 11.9 Å². The molecule has 2 N–H and O–H groups in total. The lowest BCUT2D eigenvalue weighted by molar-refractivity contribution is 0.655. The number of nitrogens with one attached hydrogen (secondary N) is 2. The largest absolute Gasteiger partial charge is 0.362 e. The second-order valence-corrected chi connectivity index (χ2v) is 4.22. The SMILES string of the molecule is CCCCCCNC(=S)Nc1ccccc1. The maximum absolute atomic E-state index is 5.19. The smallest absolute Gasteiger partial charge is 0.170 e. The van der Waals surface area contributed by atoms with Gasteiger partial charge in [-0.2, -0.15) is 0 Å². The van der Waals surface area contributed by atoms with Gasteiger partial charge in [0.25, 0.3) is 0 Å². The first-order valence-corrected chi connectivity index (χ1v) is 6.33. The summed E-state index contributed by atoms with van der Waals surface area (Å²) in [7, 11) is 0. The van der Waals surface area contributed by atoms with Gasteiger partial charge in [-0.05, 0) is 30.8 Å². The summed E-state index contributed by atoms with van der Waals surface area (Å²) < 4.78 is 0. The summed E-state index contributed by atoms with van der Waals surface area (Å²) in [5.41, 5.74) is 1.04. The van der Waals surface area contributed by atoms with E-state index in [4.69, 9.17) is 12.2 Å². The molecule has 0 saturated heterocycles. The lowest BCUT2D eigenvalue weighted by Crippen LogP contribution is -2.29. The number of thiocarbonyl (C=S) groups is 1. The molecule has 3 heteroatoms. The molecular weight excluding hydrogens is 216 g/mol. The first-order chi connectivity index (χ1) is 7.83. The van der Waals surface area contributed by atoms with Crippen LogP contribution in [0.5, 0.6) is 0 Å². The quantitative estimate of drug-likeness (QED) is 0.583. The van der Waals surface area contributed by atoms with Crippen LogP contribution in [0.2, 0.25) is 0 Å². The van der Waals surface area contributed by atoms with Crippen molar-refractivity contribution in [3.8, 4) is 0 Å². The van der Waals surface area contributed by atoms with Crippen LogP contribution in [0.25, 0.3) is 0 Å². The second kappa shape index (κ2) is 8.11. The highest BCUT2D eigenvalue weighted by molar-refractivity contribution is 7.80. The van der Waals surface area contributed by atoms with Gasteiger partial charge in [0.1, 0.15) is 0 Å². The van der Waals surface area contributed by atoms with Gasteiger partial charge in [0.2, 0.25) is 0 Å². The van der Waals surface area contributed by atoms with E-state index >= 15 is 0 Å². The van der Waals surface area contributed by atoms with Crippen LogP contribution in [-0.2, 0) is 0 Å². The highest BCUT2D eigenvalue weighted by Crippen LogP contribution is 2.04. The van der Waals surface area contributed by atoms with Crippen LogP contribution in [0, 0.1) is 0 Å². The molecule has 16 heavy (non-hydrogen) atoms. The normalized spacial score (nSPS) is 9.81. The predicted octanol–water partition coefficient (Wildman–Crippen LogP) is 3.55. The third-order valence-electron chi connectivity index (χ3n) is 2.35. The molecule has 0 atom stereocenters. The highest BCUT2D eigenvalue weighted by atomic mass is 32.1. The first-order valence-electron chi connectivity index (χ1n) is 5.93. The minimum atomic E-state index is 0.711. The van der Waals surface area contributed by atoms with Crippen molar-refractivity contribution < 1.29 is 0 Å². The molecule has 0 aliphatic rings. The highest BCUT2D eigenvalue weighted by Gasteiger charge is 1.95. The Labute approximate surface area is 103 Å². The van der Waals surface area contributed by atoms with Gasteiger partial charge in [0.15, 0.2) is 5.11 Å². The molecule has 2 nitrogen and oxygen atoms in total. The van der Waals surface area contributed by atoms with E-state index in [0.29, 0.717) is 5.11 Å². The van der Waals surface area contributed by atoms with Crippen molar-refractivity contribution in [1.82, 2.24) is 5.32 Å². The van der Waals surface area contributed by atoms with Crippen molar-refractivity contribution in [3.63, 3.8) is 0 Å². The van der Waals surface area contributed by atoms with Crippen LogP contribution < -0.4 is 10.6 Å². The van der Waals surface area contributed by atoms with Crippen LogP contribution in [0.3, 0.4) is 0 Å². The van der Waals surface area contributed by atoms with Gasteiger partial charge in [-0.25, -0.2) is 0 Å². The van der Waals surface area contributed by atoms with E-state index in [1.165, 1.54) is 25.7 Å². The second-order valence-electron chi connectivity index (χ2n) is 3.81. The molecule has 1 aromatic rings. The Morgan fingerprint density at radius 3 is 2.56 bits per heavy atom. The Morgan fingerprint density at radius 2 is 1.88 bits per heavy atom. The van der Waals surface area contributed by atoms with E-state index in [2.05, 4.69) is 17.6 Å². The zero-order valence-corrected chi connectivity index (χ0v) is 10.6. The number of rotatable bonds is 6. The van der Waals surface area contributed by atoms with Crippen molar-refractivity contribution >= 4 is 23.0 Å². The van der Waals surface area contributed by atoms with Crippen LogP contribution in [0.1, 0.15) is 32.6 Å². The van der Waals surface area contributed by atoms with Gasteiger partial charge in [-0.1, -0.05) is 44.4 Å². The number of anilines is 1. The molecular formula is C13H20N2S. The van der Waals surface area contributed by atoms with Gasteiger partial charge in [0.05, 0.1) is 0 Å². The van der Waals surface area contributed by atoms with E-state index < -0.39 is 0 Å². The van der Waals surface area contributed by atoms with Crippen molar-refractivity contribution in [2.45, 2.75) is 32.6 Å². The molecule has 1 aromatic carbocycles. The molecule has 0 fully saturated rings. The number of para-hydroxylation sites is 1. The molecule has 1 rings (SSSR count). The summed E-state index contributed by atoms with van der Waals surface area (Å²) in [6.45, 7) is 3.17. The molecule has 88 valence electrons. The van der Waals surface area contributed by atoms with Crippen LogP contribution in [0.15, 0.2) is 30.3 Å². The molecule has 0 amide bonds. The summed E-state index contributed by atoms with van der Waals surface area (Å²) in [5.74, 6) is 0. The maximum Gasteiger partial charge on any atom is 0.170 e. The van der Waals surface area contributed by atoms with Crippen molar-refractivity contribution in [1.29, 1.82) is 0 Å². The lowest BCUT2D eigenvalue weighted by atomic mass is 10.2. The summed E-state index contributed by atoms with van der Waals surface area (Å²) >= 11 is 5.19. The number of unbranched alkanes of at least 4 members (excludes halogenated alkanes) is 3. The van der Waals surface area contributed by atoms with Gasteiger partial charge < -0.3 is 10.6 Å². The summed E-state index contributed by atoms with van der Waals surface area (Å²) in [6, 6.07) is 9.99. The van der Waals surface area contributed by atoms with E-state index in [1.54, 1.807) is 0 Å². The molecule has 0 aromatic heterocycles. The number of benzene rings is 1. The zero-order chi connectivity index (χ0) is 11.6. The third-order valence-corrected chi connectivity index (χ3v) is 2.59. The first kappa shape index (κ1) is 13.0. The monoisotopic (exact) mass is 236 g/mol. The Balaban J connectivity index is 2.12. The fraction of sp³-hybridized carbons (Fsp3) is 0.462. The Hall–Kier alpha value is -1.09. The topological polar surface area (TPSA) is 24.1 Å². The lowest BCUT2D eigenvalue weighted by Gasteiger charge is -2.09. The fourth-order valence-electron chi connectivity index (χ4n) is 1.45. The Morgan fingerprint density at radius 1 is 1.12 bits per heavy atom. The fourth-order valence-corrected chi connectivity index (χ4v) is 1.67. The molecule has 0 radical (unpaired) electrons. The van der Waals surface area contributed by atoms with E-state index in [1.807, 2.05) is 30.3 Å². The van der Waals surface area contributed by atoms with E-state index in [0.717, 1.165) is 12.2 Å². The molecule has 0 unspecified atom stereocenters. The molecule has 0 bridgehead atoms. The van der Waals surface area contributed by atoms with Crippen LogP contribution >= 0.6 is 12.2 Å². The van der Waals surface area contributed by atoms with Gasteiger partial charge in [-0.3, -0.25) is 0 Å². The van der Waals surface area contributed by atoms with E-state index in [9.17, 15) is 0 Å². The molecule has 0 spiro atoms. The van der Waals surface area contributed by atoms with Crippen molar-refractivity contribution in [2.24, 2.45) is 0 Å². The standard InChI is InChI=1S/C13H20N2S/c1-2-3-4-8-11-14-13(16)15-12-9-6-5-7-10-12/h5-7,9-10H,2-4,8,11H2,1H3,(H2,14,15,16). The van der Waals surface area contributed by atoms with Crippen LogP contribution in [-0.4, -0.2) is 11.7 Å². The zero-order valence-electron chi connectivity index (χ0n) is 9.83. The third kappa shape index (κ3) is 5.71. The van der Waals surface area contributed by atoms with Crippen LogP contribution in [0.4, 0.5) is 5.69 Å². The summed E-state index contributed by atoms with van der Waals surface area (Å²) in [4.78, 5) is 0. The minimum Gasteiger partial charge on any atom is -0.362 e. The van der Waals surface area contributed by atoms with Gasteiger partial charge in [-0.15, -0.1) is 0 Å². The summed E-state index contributed by atoms with van der Waals surface area (Å²) in [6.07, 6.45) is 5.04. The van der Waals surface area contributed by atoms with Gasteiger partial charge >= 0.3 is 0 Å². The molecule has 0 aliphatic carbocycles. The molecule has 0 aliphatic heterocycles. The molecule has 0 heterocycles. The predicted molar refractivity (Wildman–Crippen MR) is 74.8 cm³/mol. The number of hydrogen-bond acceptors (Lipinski definition) is 1. The summed E-state index contributed by atoms with van der Waals surface area (Å²) in [5, 5.41) is 7.07. The van der Waals surface area contributed by atoms with E-state index in [-0.39, 0.29) is 0 Å².